The van der Waals surface area contributed by atoms with Crippen molar-refractivity contribution in [3.05, 3.63) is 88.8 Å². The van der Waals surface area contributed by atoms with Crippen molar-refractivity contribution < 1.29 is 13.4 Å². The van der Waals surface area contributed by atoms with E-state index in [9.17, 15) is 9.00 Å². The number of hydrogen-bond acceptors (Lipinski definition) is 4. The van der Waals surface area contributed by atoms with E-state index in [0.717, 1.165) is 32.5 Å². The second-order valence-electron chi connectivity index (χ2n) is 7.70. The average molecular weight is 457 g/mol. The molecule has 1 fully saturated rings. The van der Waals surface area contributed by atoms with E-state index >= 15 is 0 Å². The number of carbonyl (C=O) groups is 1. The summed E-state index contributed by atoms with van der Waals surface area (Å²) in [6.45, 7) is 2.83. The number of carbonyl (C=O) groups excluding carboxylic acids is 1. The largest absolute Gasteiger partial charge is 0.455 e. The molecule has 1 aromatic heterocycles. The zero-order valence-electron chi connectivity index (χ0n) is 17.1. The number of nitrogens with one attached hydrogen (secondary N) is 1. The highest BCUT2D eigenvalue weighted by molar-refractivity contribution is 7.84. The van der Waals surface area contributed by atoms with Crippen LogP contribution in [0.5, 0.6) is 0 Å². The number of benzene rings is 2. The van der Waals surface area contributed by atoms with E-state index in [4.69, 9.17) is 16.0 Å². The molecule has 3 aromatic rings. The van der Waals surface area contributed by atoms with Crippen molar-refractivity contribution in [2.24, 2.45) is 0 Å². The molecule has 1 N–H and O–H groups in total. The van der Waals surface area contributed by atoms with Gasteiger partial charge in [0.25, 0.3) is 5.91 Å². The SMILES string of the molecule is O=C(NC1CCN(Cc2ccccc2)CC1)c1ccc(CS(=O)c2ccccc2Cl)o1. The number of likely N-dealkylation sites (tertiary alicyclic amines) is 1. The molecular weight excluding hydrogens is 432 g/mol. The highest BCUT2D eigenvalue weighted by Crippen LogP contribution is 2.22. The summed E-state index contributed by atoms with van der Waals surface area (Å²) in [6.07, 6.45) is 1.81. The molecule has 0 spiro atoms. The van der Waals surface area contributed by atoms with Gasteiger partial charge in [-0.05, 0) is 42.7 Å². The second-order valence-corrected chi connectivity index (χ2v) is 9.52. The Balaban J connectivity index is 1.27. The van der Waals surface area contributed by atoms with Crippen LogP contribution in [0, 0.1) is 0 Å². The van der Waals surface area contributed by atoms with Gasteiger partial charge in [-0.2, -0.15) is 0 Å². The predicted molar refractivity (Wildman–Crippen MR) is 122 cm³/mol. The van der Waals surface area contributed by atoms with E-state index in [1.165, 1.54) is 5.56 Å². The van der Waals surface area contributed by atoms with Gasteiger partial charge < -0.3 is 9.73 Å². The number of halogens is 1. The summed E-state index contributed by atoms with van der Waals surface area (Å²) in [4.78, 5) is 15.6. The van der Waals surface area contributed by atoms with Crippen molar-refractivity contribution in [1.82, 2.24) is 10.2 Å². The van der Waals surface area contributed by atoms with Crippen LogP contribution in [0.3, 0.4) is 0 Å². The molecular formula is C24H25ClN2O3S. The van der Waals surface area contributed by atoms with Crippen LogP contribution in [0.25, 0.3) is 0 Å². The zero-order chi connectivity index (χ0) is 21.6. The Kier molecular flexibility index (Phi) is 7.22. The van der Waals surface area contributed by atoms with Crippen LogP contribution >= 0.6 is 11.6 Å². The van der Waals surface area contributed by atoms with E-state index in [-0.39, 0.29) is 23.5 Å². The molecule has 0 saturated carbocycles. The van der Waals surface area contributed by atoms with Gasteiger partial charge in [-0.25, -0.2) is 0 Å². The van der Waals surface area contributed by atoms with Gasteiger partial charge in [0, 0.05) is 25.7 Å². The van der Waals surface area contributed by atoms with Crippen LogP contribution in [-0.2, 0) is 23.1 Å². The van der Waals surface area contributed by atoms with Gasteiger partial charge in [-0.3, -0.25) is 13.9 Å². The molecule has 1 aliphatic rings. The van der Waals surface area contributed by atoms with Crippen molar-refractivity contribution in [1.29, 1.82) is 0 Å². The number of rotatable bonds is 7. The fourth-order valence-electron chi connectivity index (χ4n) is 3.75. The topological polar surface area (TPSA) is 62.6 Å². The maximum absolute atomic E-state index is 12.6. The van der Waals surface area contributed by atoms with Crippen LogP contribution in [0.2, 0.25) is 5.02 Å². The van der Waals surface area contributed by atoms with Gasteiger partial charge in [0.2, 0.25) is 0 Å². The molecule has 2 heterocycles. The lowest BCUT2D eigenvalue weighted by Crippen LogP contribution is -2.44. The summed E-state index contributed by atoms with van der Waals surface area (Å²) in [5, 5.41) is 3.53. The minimum atomic E-state index is -1.34. The minimum Gasteiger partial charge on any atom is -0.455 e. The molecule has 31 heavy (non-hydrogen) atoms. The first kappa shape index (κ1) is 21.8. The Bertz CT molecular complexity index is 1050. The Morgan fingerprint density at radius 2 is 1.74 bits per heavy atom. The van der Waals surface area contributed by atoms with Crippen molar-refractivity contribution in [2.45, 2.75) is 36.1 Å². The third kappa shape index (κ3) is 5.85. The van der Waals surface area contributed by atoms with Gasteiger partial charge >= 0.3 is 0 Å². The lowest BCUT2D eigenvalue weighted by Gasteiger charge is -2.32. The molecule has 1 unspecified atom stereocenters. The average Bonchev–Trinajstić information content (AvgIpc) is 3.25. The molecule has 1 saturated heterocycles. The lowest BCUT2D eigenvalue weighted by atomic mass is 10.0. The van der Waals surface area contributed by atoms with Crippen LogP contribution in [0.1, 0.15) is 34.7 Å². The predicted octanol–water partition coefficient (Wildman–Crippen LogP) is 4.64. The van der Waals surface area contributed by atoms with Crippen molar-refractivity contribution in [2.75, 3.05) is 13.1 Å². The lowest BCUT2D eigenvalue weighted by molar-refractivity contribution is 0.0879. The highest BCUT2D eigenvalue weighted by Gasteiger charge is 2.23. The Morgan fingerprint density at radius 3 is 2.48 bits per heavy atom. The molecule has 1 amide bonds. The van der Waals surface area contributed by atoms with Crippen LogP contribution in [0.15, 0.2) is 76.0 Å². The van der Waals surface area contributed by atoms with Gasteiger partial charge in [-0.1, -0.05) is 54.1 Å². The maximum Gasteiger partial charge on any atom is 0.287 e. The first-order valence-corrected chi connectivity index (χ1v) is 12.1. The molecule has 0 aliphatic carbocycles. The summed E-state index contributed by atoms with van der Waals surface area (Å²) in [6, 6.07) is 20.9. The standard InChI is InChI=1S/C24H25ClN2O3S/c25-21-8-4-5-9-23(21)31(29)17-20-10-11-22(30-20)24(28)26-19-12-14-27(15-13-19)16-18-6-2-1-3-7-18/h1-11,19H,12-17H2,(H,26,28). The van der Waals surface area contributed by atoms with Gasteiger partial charge in [0.1, 0.15) is 5.76 Å². The van der Waals surface area contributed by atoms with Gasteiger partial charge in [0.05, 0.1) is 26.5 Å². The molecule has 2 aromatic carbocycles. The fraction of sp³-hybridized carbons (Fsp3) is 0.292. The molecule has 1 atom stereocenters. The number of hydrogen-bond donors (Lipinski definition) is 1. The van der Waals surface area contributed by atoms with Crippen LogP contribution in [-0.4, -0.2) is 34.1 Å². The molecule has 162 valence electrons. The van der Waals surface area contributed by atoms with E-state index in [2.05, 4.69) is 34.5 Å². The smallest absolute Gasteiger partial charge is 0.287 e. The zero-order valence-corrected chi connectivity index (χ0v) is 18.7. The van der Waals surface area contributed by atoms with E-state index in [1.54, 1.807) is 36.4 Å². The summed E-state index contributed by atoms with van der Waals surface area (Å²) in [5.74, 6) is 0.699. The number of piperidine rings is 1. The van der Waals surface area contributed by atoms with Crippen LogP contribution < -0.4 is 5.32 Å². The minimum absolute atomic E-state index is 0.130. The van der Waals surface area contributed by atoms with E-state index in [1.807, 2.05) is 6.07 Å². The molecule has 0 bridgehead atoms. The molecule has 7 heteroatoms. The Labute approximate surface area is 189 Å². The van der Waals surface area contributed by atoms with Crippen molar-refractivity contribution in [3.8, 4) is 0 Å². The molecule has 0 radical (unpaired) electrons. The highest BCUT2D eigenvalue weighted by atomic mass is 35.5. The maximum atomic E-state index is 12.6. The number of amides is 1. The molecule has 5 nitrogen and oxygen atoms in total. The first-order valence-electron chi connectivity index (χ1n) is 10.4. The summed E-state index contributed by atoms with van der Waals surface area (Å²) in [7, 11) is -1.34. The second kappa shape index (κ2) is 10.3. The summed E-state index contributed by atoms with van der Waals surface area (Å²) >= 11 is 6.11. The third-order valence-corrected chi connectivity index (χ3v) is 7.25. The normalized spacial score (nSPS) is 16.2. The Hall–Kier alpha value is -2.41. The van der Waals surface area contributed by atoms with Gasteiger partial charge in [-0.15, -0.1) is 0 Å². The van der Waals surface area contributed by atoms with Crippen molar-refractivity contribution >= 4 is 28.3 Å². The van der Waals surface area contributed by atoms with E-state index < -0.39 is 10.8 Å². The van der Waals surface area contributed by atoms with Gasteiger partial charge in [0.15, 0.2) is 5.76 Å². The Morgan fingerprint density at radius 1 is 1.03 bits per heavy atom. The monoisotopic (exact) mass is 456 g/mol. The van der Waals surface area contributed by atoms with E-state index in [0.29, 0.717) is 15.7 Å². The number of furan rings is 1. The summed E-state index contributed by atoms with van der Waals surface area (Å²) < 4.78 is 18.2. The molecule has 4 rings (SSSR count). The quantitative estimate of drug-likeness (QED) is 0.562. The molecule has 1 aliphatic heterocycles. The number of nitrogens with zero attached hydrogens (tertiary/aromatic N) is 1. The van der Waals surface area contributed by atoms with Crippen LogP contribution in [0.4, 0.5) is 0 Å². The first-order chi connectivity index (χ1) is 15.1. The fourth-order valence-corrected chi connectivity index (χ4v) is 5.23. The summed E-state index contributed by atoms with van der Waals surface area (Å²) in [5.41, 5.74) is 1.31. The third-order valence-electron chi connectivity index (χ3n) is 5.41. The van der Waals surface area contributed by atoms with Crippen molar-refractivity contribution in [3.63, 3.8) is 0 Å².